The van der Waals surface area contributed by atoms with Crippen molar-refractivity contribution in [1.82, 2.24) is 4.98 Å². The number of anilines is 1. The molecule has 5 nitrogen and oxygen atoms in total. The van der Waals surface area contributed by atoms with Crippen LogP contribution in [0.15, 0.2) is 10.7 Å². The van der Waals surface area contributed by atoms with E-state index in [2.05, 4.69) is 4.98 Å². The van der Waals surface area contributed by atoms with Crippen molar-refractivity contribution in [2.75, 3.05) is 25.1 Å². The molecule has 0 saturated carbocycles. The largest absolute Gasteiger partial charge is 0.432 e. The Kier molecular flexibility index (Phi) is 2.20. The van der Waals surface area contributed by atoms with Gasteiger partial charge in [0.25, 0.3) is 6.01 Å². The molecule has 0 aliphatic carbocycles. The molecule has 72 valence electrons. The number of aromatic nitrogens is 1. The van der Waals surface area contributed by atoms with Gasteiger partial charge in [-0.05, 0) is 0 Å². The first kappa shape index (κ1) is 8.52. The van der Waals surface area contributed by atoms with Gasteiger partial charge in [0.15, 0.2) is 0 Å². The molecule has 2 rings (SSSR count). The maximum Gasteiger partial charge on any atom is 0.297 e. The third-order valence-corrected chi connectivity index (χ3v) is 2.20. The van der Waals surface area contributed by atoms with Crippen molar-refractivity contribution in [3.05, 3.63) is 12.0 Å². The molecule has 0 spiro atoms. The van der Waals surface area contributed by atoms with Crippen LogP contribution in [0.4, 0.5) is 6.01 Å². The van der Waals surface area contributed by atoms with Crippen molar-refractivity contribution >= 4 is 6.01 Å². The summed E-state index contributed by atoms with van der Waals surface area (Å²) in [7, 11) is 1.71. The topological polar surface area (TPSA) is 64.5 Å². The van der Waals surface area contributed by atoms with E-state index in [1.54, 1.807) is 13.4 Å². The summed E-state index contributed by atoms with van der Waals surface area (Å²) < 4.78 is 10.4. The van der Waals surface area contributed by atoms with Crippen molar-refractivity contribution < 1.29 is 9.15 Å². The lowest BCUT2D eigenvalue weighted by Crippen LogP contribution is -2.52. The lowest BCUT2D eigenvalue weighted by Gasteiger charge is -2.36. The van der Waals surface area contributed by atoms with Crippen LogP contribution in [-0.4, -0.2) is 31.3 Å². The molecule has 1 fully saturated rings. The van der Waals surface area contributed by atoms with Crippen molar-refractivity contribution in [2.45, 2.75) is 12.6 Å². The number of oxazole rings is 1. The fourth-order valence-corrected chi connectivity index (χ4v) is 1.28. The van der Waals surface area contributed by atoms with Crippen molar-refractivity contribution in [1.29, 1.82) is 0 Å². The van der Waals surface area contributed by atoms with Gasteiger partial charge in [0.1, 0.15) is 6.26 Å². The van der Waals surface area contributed by atoms with Crippen molar-refractivity contribution in [3.63, 3.8) is 0 Å². The molecule has 5 heteroatoms. The highest BCUT2D eigenvalue weighted by atomic mass is 16.5. The Bertz CT molecular complexity index is 281. The number of rotatable bonds is 3. The summed E-state index contributed by atoms with van der Waals surface area (Å²) in [6.07, 6.45) is 1.91. The lowest BCUT2D eigenvalue weighted by atomic mass is 10.2. The molecule has 1 saturated heterocycles. The van der Waals surface area contributed by atoms with E-state index in [-0.39, 0.29) is 0 Å². The minimum atomic E-state index is 0.313. The van der Waals surface area contributed by atoms with Crippen LogP contribution in [0.2, 0.25) is 0 Å². The van der Waals surface area contributed by atoms with Gasteiger partial charge in [0, 0.05) is 13.7 Å². The molecule has 2 N–H and O–H groups in total. The van der Waals surface area contributed by atoms with Gasteiger partial charge < -0.3 is 19.8 Å². The SMILES string of the molecule is COC1CN(c2nc(CN)co2)C1. The van der Waals surface area contributed by atoms with E-state index in [9.17, 15) is 0 Å². The zero-order valence-electron chi connectivity index (χ0n) is 7.56. The summed E-state index contributed by atoms with van der Waals surface area (Å²) >= 11 is 0. The lowest BCUT2D eigenvalue weighted by molar-refractivity contribution is 0.0757. The first-order valence-electron chi connectivity index (χ1n) is 4.25. The second kappa shape index (κ2) is 3.35. The van der Waals surface area contributed by atoms with E-state index in [1.165, 1.54) is 0 Å². The Balaban J connectivity index is 1.95. The van der Waals surface area contributed by atoms with Crippen molar-refractivity contribution in [2.24, 2.45) is 5.73 Å². The Morgan fingerprint density at radius 2 is 2.54 bits per heavy atom. The van der Waals surface area contributed by atoms with Crippen molar-refractivity contribution in [3.8, 4) is 0 Å². The predicted molar refractivity (Wildman–Crippen MR) is 47.4 cm³/mol. The van der Waals surface area contributed by atoms with Crippen LogP contribution >= 0.6 is 0 Å². The maximum atomic E-state index is 5.41. The van der Waals surface area contributed by atoms with Gasteiger partial charge in [0.05, 0.1) is 24.9 Å². The zero-order valence-corrected chi connectivity index (χ0v) is 7.56. The summed E-state index contributed by atoms with van der Waals surface area (Å²) in [4.78, 5) is 6.22. The van der Waals surface area contributed by atoms with Gasteiger partial charge in [-0.25, -0.2) is 0 Å². The Morgan fingerprint density at radius 1 is 1.77 bits per heavy atom. The molecule has 1 aliphatic rings. The summed E-state index contributed by atoms with van der Waals surface area (Å²) in [6.45, 7) is 2.12. The van der Waals surface area contributed by atoms with Crippen LogP contribution in [-0.2, 0) is 11.3 Å². The molecule has 0 bridgehead atoms. The third-order valence-electron chi connectivity index (χ3n) is 2.20. The van der Waals surface area contributed by atoms with Crippen LogP contribution < -0.4 is 10.6 Å². The van der Waals surface area contributed by atoms with Gasteiger partial charge >= 0.3 is 0 Å². The number of methoxy groups -OCH3 is 1. The quantitative estimate of drug-likeness (QED) is 0.712. The molecule has 0 amide bonds. The highest BCUT2D eigenvalue weighted by Gasteiger charge is 2.29. The average Bonchev–Trinajstić information content (AvgIpc) is 2.51. The number of nitrogens with two attached hydrogens (primary N) is 1. The standard InChI is InChI=1S/C8H13N3O2/c1-12-7-3-11(4-7)8-10-6(2-9)5-13-8/h5,7H,2-4,9H2,1H3. The van der Waals surface area contributed by atoms with Gasteiger partial charge in [-0.3, -0.25) is 0 Å². The maximum absolute atomic E-state index is 5.41. The second-order valence-electron chi connectivity index (χ2n) is 3.09. The average molecular weight is 183 g/mol. The highest BCUT2D eigenvalue weighted by molar-refractivity contribution is 5.32. The van der Waals surface area contributed by atoms with Crippen LogP contribution in [0.25, 0.3) is 0 Å². The predicted octanol–water partition coefficient (Wildman–Crippen LogP) is -0.0317. The van der Waals surface area contributed by atoms with E-state index in [1.807, 2.05) is 4.90 Å². The zero-order chi connectivity index (χ0) is 9.26. The second-order valence-corrected chi connectivity index (χ2v) is 3.09. The molecule has 0 atom stereocenters. The smallest absolute Gasteiger partial charge is 0.297 e. The van der Waals surface area contributed by atoms with E-state index < -0.39 is 0 Å². The summed E-state index contributed by atoms with van der Waals surface area (Å²) in [5.74, 6) is 0. The number of ether oxygens (including phenoxy) is 1. The molecule has 1 aromatic heterocycles. The van der Waals surface area contributed by atoms with Crippen LogP contribution in [0.3, 0.4) is 0 Å². The molecule has 1 aliphatic heterocycles. The van der Waals surface area contributed by atoms with E-state index in [4.69, 9.17) is 14.9 Å². The summed E-state index contributed by atoms with van der Waals surface area (Å²) in [6, 6.07) is 0.647. The van der Waals surface area contributed by atoms with Gasteiger partial charge in [-0.15, -0.1) is 0 Å². The molecule has 0 radical (unpaired) electrons. The summed E-state index contributed by atoms with van der Waals surface area (Å²) in [5, 5.41) is 0. The van der Waals surface area contributed by atoms with Gasteiger partial charge in [-0.2, -0.15) is 4.98 Å². The van der Waals surface area contributed by atoms with Gasteiger partial charge in [0.2, 0.25) is 0 Å². The third kappa shape index (κ3) is 1.52. The molecule has 13 heavy (non-hydrogen) atoms. The number of hydrogen-bond donors (Lipinski definition) is 1. The fourth-order valence-electron chi connectivity index (χ4n) is 1.28. The molecular formula is C8H13N3O2. The first-order valence-corrected chi connectivity index (χ1v) is 4.25. The minimum absolute atomic E-state index is 0.313. The Labute approximate surface area is 76.5 Å². The molecule has 1 aromatic rings. The fraction of sp³-hybridized carbons (Fsp3) is 0.625. The van der Waals surface area contributed by atoms with Crippen LogP contribution in [0.1, 0.15) is 5.69 Å². The van der Waals surface area contributed by atoms with E-state index in [0.29, 0.717) is 18.7 Å². The van der Waals surface area contributed by atoms with Gasteiger partial charge in [-0.1, -0.05) is 0 Å². The first-order chi connectivity index (χ1) is 6.33. The number of nitrogens with zero attached hydrogens (tertiary/aromatic N) is 2. The monoisotopic (exact) mass is 183 g/mol. The van der Waals surface area contributed by atoms with Crippen LogP contribution in [0.5, 0.6) is 0 Å². The molecule has 0 unspecified atom stereocenters. The molecular weight excluding hydrogens is 170 g/mol. The minimum Gasteiger partial charge on any atom is -0.432 e. The van der Waals surface area contributed by atoms with E-state index in [0.717, 1.165) is 18.8 Å². The summed E-state index contributed by atoms with van der Waals surface area (Å²) in [5.41, 5.74) is 6.20. The molecule has 2 heterocycles. The normalized spacial score (nSPS) is 17.5. The highest BCUT2D eigenvalue weighted by Crippen LogP contribution is 2.20. The molecule has 0 aromatic carbocycles. The Hall–Kier alpha value is -1.07. The number of hydrogen-bond acceptors (Lipinski definition) is 5. The van der Waals surface area contributed by atoms with E-state index >= 15 is 0 Å². The van der Waals surface area contributed by atoms with Crippen LogP contribution in [0, 0.1) is 0 Å². The Morgan fingerprint density at radius 3 is 3.08 bits per heavy atom.